The third-order valence-corrected chi connectivity index (χ3v) is 4.36. The lowest BCUT2D eigenvalue weighted by Gasteiger charge is -2.27. The summed E-state index contributed by atoms with van der Waals surface area (Å²) in [7, 11) is 0. The van der Waals surface area contributed by atoms with Crippen LogP contribution < -0.4 is 5.32 Å². The van der Waals surface area contributed by atoms with Crippen molar-refractivity contribution in [3.05, 3.63) is 34.3 Å². The van der Waals surface area contributed by atoms with Gasteiger partial charge in [-0.25, -0.2) is 0 Å². The Kier molecular flexibility index (Phi) is 4.52. The van der Waals surface area contributed by atoms with E-state index in [-0.39, 0.29) is 17.3 Å². The third kappa shape index (κ3) is 3.18. The van der Waals surface area contributed by atoms with Gasteiger partial charge in [-0.2, -0.15) is 0 Å². The highest BCUT2D eigenvalue weighted by molar-refractivity contribution is 6.31. The quantitative estimate of drug-likeness (QED) is 0.820. The summed E-state index contributed by atoms with van der Waals surface area (Å²) in [4.78, 5) is 12.1. The van der Waals surface area contributed by atoms with E-state index in [9.17, 15) is 4.79 Å². The molecule has 0 saturated heterocycles. The van der Waals surface area contributed by atoms with Crippen LogP contribution in [0, 0.1) is 6.92 Å². The molecule has 98 valence electrons. The van der Waals surface area contributed by atoms with E-state index in [0.717, 1.165) is 31.2 Å². The molecule has 0 aliphatic heterocycles. The van der Waals surface area contributed by atoms with Crippen LogP contribution in [-0.4, -0.2) is 17.3 Å². The molecule has 0 aromatic heterocycles. The SMILES string of the molecule is Cc1cc(C(=O)NC2CCCCC2Cl)ccc1Cl. The van der Waals surface area contributed by atoms with Crippen molar-refractivity contribution in [1.82, 2.24) is 5.32 Å². The predicted octanol–water partition coefficient (Wildman–Crippen LogP) is 3.93. The lowest BCUT2D eigenvalue weighted by Crippen LogP contribution is -2.42. The Morgan fingerprint density at radius 2 is 2.06 bits per heavy atom. The first-order valence-corrected chi connectivity index (χ1v) is 7.10. The fraction of sp³-hybridized carbons (Fsp3) is 0.500. The molecule has 1 amide bonds. The van der Waals surface area contributed by atoms with E-state index in [0.29, 0.717) is 10.6 Å². The average molecular weight is 286 g/mol. The van der Waals surface area contributed by atoms with Crippen molar-refractivity contribution in [2.75, 3.05) is 0 Å². The molecule has 0 spiro atoms. The molecule has 2 atom stereocenters. The minimum absolute atomic E-state index is 0.0519. The molecule has 0 heterocycles. The number of hydrogen-bond acceptors (Lipinski definition) is 1. The van der Waals surface area contributed by atoms with Gasteiger partial charge in [-0.3, -0.25) is 4.79 Å². The van der Waals surface area contributed by atoms with Gasteiger partial charge < -0.3 is 5.32 Å². The molecule has 2 nitrogen and oxygen atoms in total. The molecule has 1 aromatic carbocycles. The van der Waals surface area contributed by atoms with E-state index in [1.807, 2.05) is 13.0 Å². The summed E-state index contributed by atoms with van der Waals surface area (Å²) >= 11 is 12.2. The molecule has 2 rings (SSSR count). The first-order chi connectivity index (χ1) is 8.58. The second kappa shape index (κ2) is 5.94. The summed E-state index contributed by atoms with van der Waals surface area (Å²) in [5, 5.41) is 3.75. The molecular weight excluding hydrogens is 269 g/mol. The van der Waals surface area contributed by atoms with Crippen LogP contribution in [0.1, 0.15) is 41.6 Å². The largest absolute Gasteiger partial charge is 0.348 e. The van der Waals surface area contributed by atoms with Crippen molar-refractivity contribution in [2.24, 2.45) is 0 Å². The Labute approximate surface area is 118 Å². The first kappa shape index (κ1) is 13.7. The van der Waals surface area contributed by atoms with Crippen molar-refractivity contribution < 1.29 is 4.79 Å². The summed E-state index contributed by atoms with van der Waals surface area (Å²) in [5.41, 5.74) is 1.56. The Morgan fingerprint density at radius 1 is 1.33 bits per heavy atom. The van der Waals surface area contributed by atoms with Crippen LogP contribution in [0.4, 0.5) is 0 Å². The van der Waals surface area contributed by atoms with Crippen molar-refractivity contribution in [3.8, 4) is 0 Å². The summed E-state index contributed by atoms with van der Waals surface area (Å²) in [6.45, 7) is 1.89. The molecule has 4 heteroatoms. The van der Waals surface area contributed by atoms with Crippen LogP contribution in [0.15, 0.2) is 18.2 Å². The number of benzene rings is 1. The predicted molar refractivity (Wildman–Crippen MR) is 75.6 cm³/mol. The molecule has 0 bridgehead atoms. The topological polar surface area (TPSA) is 29.1 Å². The van der Waals surface area contributed by atoms with Crippen LogP contribution in [0.3, 0.4) is 0 Å². The highest BCUT2D eigenvalue weighted by Crippen LogP contribution is 2.23. The lowest BCUT2D eigenvalue weighted by atomic mass is 9.94. The molecular formula is C14H17Cl2NO. The number of halogens is 2. The number of nitrogens with one attached hydrogen (secondary N) is 1. The maximum Gasteiger partial charge on any atom is 0.251 e. The third-order valence-electron chi connectivity index (χ3n) is 3.42. The minimum atomic E-state index is -0.0627. The number of amides is 1. The summed E-state index contributed by atoms with van der Waals surface area (Å²) < 4.78 is 0. The van der Waals surface area contributed by atoms with Gasteiger partial charge in [0.2, 0.25) is 0 Å². The van der Waals surface area contributed by atoms with Gasteiger partial charge in [-0.15, -0.1) is 11.6 Å². The smallest absolute Gasteiger partial charge is 0.251 e. The van der Waals surface area contributed by atoms with Crippen LogP contribution in [0.5, 0.6) is 0 Å². The summed E-state index contributed by atoms with van der Waals surface area (Å²) in [5.74, 6) is -0.0627. The molecule has 18 heavy (non-hydrogen) atoms. The van der Waals surface area contributed by atoms with Gasteiger partial charge in [0.1, 0.15) is 0 Å². The number of carbonyl (C=O) groups excluding carboxylic acids is 1. The van der Waals surface area contributed by atoms with E-state index in [4.69, 9.17) is 23.2 Å². The van der Waals surface area contributed by atoms with E-state index in [1.165, 1.54) is 0 Å². The number of carbonyl (C=O) groups is 1. The van der Waals surface area contributed by atoms with Gasteiger partial charge in [-0.1, -0.05) is 24.4 Å². The molecule has 1 N–H and O–H groups in total. The van der Waals surface area contributed by atoms with Crippen molar-refractivity contribution in [3.63, 3.8) is 0 Å². The van der Waals surface area contributed by atoms with Gasteiger partial charge in [0.15, 0.2) is 0 Å². The monoisotopic (exact) mass is 285 g/mol. The van der Waals surface area contributed by atoms with Crippen molar-refractivity contribution >= 4 is 29.1 Å². The first-order valence-electron chi connectivity index (χ1n) is 6.29. The highest BCUT2D eigenvalue weighted by Gasteiger charge is 2.24. The zero-order valence-electron chi connectivity index (χ0n) is 10.4. The molecule has 1 aliphatic carbocycles. The standard InChI is InChI=1S/C14H17Cl2NO/c1-9-8-10(6-7-11(9)15)14(18)17-13-5-3-2-4-12(13)16/h6-8,12-13H,2-5H2,1H3,(H,17,18). The van der Waals surface area contributed by atoms with Crippen LogP contribution in [0.2, 0.25) is 5.02 Å². The van der Waals surface area contributed by atoms with Gasteiger partial charge >= 0.3 is 0 Å². The molecule has 1 saturated carbocycles. The number of aryl methyl sites for hydroxylation is 1. The van der Waals surface area contributed by atoms with Crippen LogP contribution >= 0.6 is 23.2 Å². The molecule has 1 aromatic rings. The maximum absolute atomic E-state index is 12.1. The zero-order valence-corrected chi connectivity index (χ0v) is 11.9. The lowest BCUT2D eigenvalue weighted by molar-refractivity contribution is 0.0928. The molecule has 1 fully saturated rings. The number of hydrogen-bond donors (Lipinski definition) is 1. The highest BCUT2D eigenvalue weighted by atomic mass is 35.5. The molecule has 1 aliphatic rings. The van der Waals surface area contributed by atoms with Crippen LogP contribution in [0.25, 0.3) is 0 Å². The molecule has 2 unspecified atom stereocenters. The fourth-order valence-electron chi connectivity index (χ4n) is 2.29. The Balaban J connectivity index is 2.04. The second-order valence-electron chi connectivity index (χ2n) is 4.84. The van der Waals surface area contributed by atoms with Gasteiger partial charge in [0.05, 0.1) is 5.38 Å². The van der Waals surface area contributed by atoms with Crippen LogP contribution in [-0.2, 0) is 0 Å². The summed E-state index contributed by atoms with van der Waals surface area (Å²) in [6, 6.07) is 5.40. The van der Waals surface area contributed by atoms with Gasteiger partial charge in [0, 0.05) is 16.6 Å². The Morgan fingerprint density at radius 3 is 2.72 bits per heavy atom. The molecule has 0 radical (unpaired) electrons. The summed E-state index contributed by atoms with van der Waals surface area (Å²) in [6.07, 6.45) is 4.23. The zero-order chi connectivity index (χ0) is 13.1. The Bertz CT molecular complexity index is 447. The van der Waals surface area contributed by atoms with Crippen molar-refractivity contribution in [2.45, 2.75) is 44.0 Å². The van der Waals surface area contributed by atoms with Crippen molar-refractivity contribution in [1.29, 1.82) is 0 Å². The van der Waals surface area contributed by atoms with E-state index < -0.39 is 0 Å². The minimum Gasteiger partial charge on any atom is -0.348 e. The normalized spacial score (nSPS) is 23.7. The van der Waals surface area contributed by atoms with E-state index >= 15 is 0 Å². The maximum atomic E-state index is 12.1. The average Bonchev–Trinajstić information content (AvgIpc) is 2.35. The number of alkyl halides is 1. The van der Waals surface area contributed by atoms with Gasteiger partial charge in [0.25, 0.3) is 5.91 Å². The Hall–Kier alpha value is -0.730. The van der Waals surface area contributed by atoms with E-state index in [1.54, 1.807) is 12.1 Å². The fourth-order valence-corrected chi connectivity index (χ4v) is 2.75. The van der Waals surface area contributed by atoms with E-state index in [2.05, 4.69) is 5.32 Å². The second-order valence-corrected chi connectivity index (χ2v) is 5.81. The van der Waals surface area contributed by atoms with Gasteiger partial charge in [-0.05, 0) is 43.5 Å². The number of rotatable bonds is 2.